The molecule has 2 aromatic rings. The third-order valence-corrected chi connectivity index (χ3v) is 4.37. The van der Waals surface area contributed by atoms with Crippen molar-refractivity contribution < 1.29 is 28.5 Å². The number of amides is 1. The van der Waals surface area contributed by atoms with Crippen molar-refractivity contribution in [3.63, 3.8) is 0 Å². The summed E-state index contributed by atoms with van der Waals surface area (Å²) in [7, 11) is 0. The molecule has 0 spiro atoms. The smallest absolute Gasteiger partial charge is 0.231 e. The van der Waals surface area contributed by atoms with E-state index < -0.39 is 0 Å². The fourth-order valence-corrected chi connectivity index (χ4v) is 2.93. The number of ketones is 1. The molecule has 0 unspecified atom stereocenters. The molecule has 7 nitrogen and oxygen atoms in total. The van der Waals surface area contributed by atoms with Crippen LogP contribution in [0.5, 0.6) is 23.0 Å². The summed E-state index contributed by atoms with van der Waals surface area (Å²) in [6, 6.07) is 10.6. The lowest BCUT2D eigenvalue weighted by Crippen LogP contribution is -2.23. The largest absolute Gasteiger partial charge is 0.486 e. The number of hydrogen-bond acceptors (Lipinski definition) is 6. The van der Waals surface area contributed by atoms with Gasteiger partial charge >= 0.3 is 0 Å². The minimum absolute atomic E-state index is 0.106. The number of carbonyl (C=O) groups is 2. The third kappa shape index (κ3) is 3.97. The minimum Gasteiger partial charge on any atom is -0.486 e. The van der Waals surface area contributed by atoms with Crippen LogP contribution in [0.2, 0.25) is 0 Å². The molecule has 2 heterocycles. The molecule has 0 fully saturated rings. The van der Waals surface area contributed by atoms with Crippen LogP contribution < -0.4 is 24.3 Å². The number of ether oxygens (including phenoxy) is 4. The Morgan fingerprint density at radius 1 is 0.815 bits per heavy atom. The zero-order valence-electron chi connectivity index (χ0n) is 14.7. The van der Waals surface area contributed by atoms with Crippen LogP contribution in [-0.2, 0) is 11.3 Å². The van der Waals surface area contributed by atoms with Gasteiger partial charge in [-0.1, -0.05) is 6.07 Å². The first-order chi connectivity index (χ1) is 13.2. The molecule has 0 aromatic heterocycles. The molecule has 0 saturated heterocycles. The standard InChI is InChI=1S/C20H19NO6/c22-15(14-2-5-16-19(10-14)25-8-7-24-16)3-6-20(23)21-11-13-1-4-17-18(9-13)27-12-26-17/h1-2,4-5,9-10H,3,6-8,11-12H2,(H,21,23). The van der Waals surface area contributed by atoms with Crippen LogP contribution in [0.3, 0.4) is 0 Å². The second kappa shape index (κ2) is 7.57. The number of hydrogen-bond donors (Lipinski definition) is 1. The van der Waals surface area contributed by atoms with E-state index in [4.69, 9.17) is 18.9 Å². The fourth-order valence-electron chi connectivity index (χ4n) is 2.93. The summed E-state index contributed by atoms with van der Waals surface area (Å²) in [5.74, 6) is 2.30. The monoisotopic (exact) mass is 369 g/mol. The van der Waals surface area contributed by atoms with Gasteiger partial charge in [-0.25, -0.2) is 0 Å². The molecule has 4 rings (SSSR count). The lowest BCUT2D eigenvalue weighted by molar-refractivity contribution is -0.121. The average Bonchev–Trinajstić information content (AvgIpc) is 3.18. The molecule has 140 valence electrons. The van der Waals surface area contributed by atoms with E-state index in [9.17, 15) is 9.59 Å². The molecule has 0 atom stereocenters. The van der Waals surface area contributed by atoms with Gasteiger partial charge in [-0.3, -0.25) is 9.59 Å². The Hall–Kier alpha value is -3.22. The zero-order valence-corrected chi connectivity index (χ0v) is 14.7. The molecule has 2 aliphatic heterocycles. The number of benzene rings is 2. The van der Waals surface area contributed by atoms with Crippen LogP contribution in [0.1, 0.15) is 28.8 Å². The summed E-state index contributed by atoms with van der Waals surface area (Å²) in [6.07, 6.45) is 0.254. The first kappa shape index (κ1) is 17.2. The molecule has 0 aliphatic carbocycles. The van der Waals surface area contributed by atoms with E-state index in [2.05, 4.69) is 5.32 Å². The van der Waals surface area contributed by atoms with Crippen molar-refractivity contribution in [3.8, 4) is 23.0 Å². The molecule has 2 aromatic carbocycles. The van der Waals surface area contributed by atoms with Crippen molar-refractivity contribution in [1.29, 1.82) is 0 Å². The first-order valence-electron chi connectivity index (χ1n) is 8.77. The lowest BCUT2D eigenvalue weighted by atomic mass is 10.1. The van der Waals surface area contributed by atoms with Gasteiger partial charge in [0.1, 0.15) is 13.2 Å². The first-order valence-corrected chi connectivity index (χ1v) is 8.77. The molecule has 1 N–H and O–H groups in total. The van der Waals surface area contributed by atoms with Gasteiger partial charge in [0.05, 0.1) is 0 Å². The van der Waals surface area contributed by atoms with Gasteiger partial charge in [-0.2, -0.15) is 0 Å². The van der Waals surface area contributed by atoms with E-state index in [1.807, 2.05) is 18.2 Å². The second-order valence-corrected chi connectivity index (χ2v) is 6.25. The highest BCUT2D eigenvalue weighted by Gasteiger charge is 2.16. The van der Waals surface area contributed by atoms with Crippen LogP contribution in [0.4, 0.5) is 0 Å². The highest BCUT2D eigenvalue weighted by atomic mass is 16.7. The Labute approximate surface area is 156 Å². The molecule has 0 saturated carbocycles. The van der Waals surface area contributed by atoms with Gasteiger partial charge in [-0.15, -0.1) is 0 Å². The maximum atomic E-state index is 12.3. The molecular weight excluding hydrogens is 350 g/mol. The highest BCUT2D eigenvalue weighted by molar-refractivity contribution is 5.98. The molecule has 0 radical (unpaired) electrons. The number of Topliss-reactive ketones (excluding diaryl/α,β-unsaturated/α-hetero) is 1. The summed E-state index contributed by atoms with van der Waals surface area (Å²) in [4.78, 5) is 24.4. The van der Waals surface area contributed by atoms with Gasteiger partial charge < -0.3 is 24.3 Å². The van der Waals surface area contributed by atoms with Gasteiger partial charge in [-0.05, 0) is 35.9 Å². The summed E-state index contributed by atoms with van der Waals surface area (Å²) < 4.78 is 21.5. The second-order valence-electron chi connectivity index (χ2n) is 6.25. The highest BCUT2D eigenvalue weighted by Crippen LogP contribution is 2.32. The quantitative estimate of drug-likeness (QED) is 0.788. The van der Waals surface area contributed by atoms with Crippen molar-refractivity contribution in [2.45, 2.75) is 19.4 Å². The Morgan fingerprint density at radius 2 is 1.52 bits per heavy atom. The number of rotatable bonds is 6. The molecule has 27 heavy (non-hydrogen) atoms. The molecule has 2 aliphatic rings. The van der Waals surface area contributed by atoms with Gasteiger partial charge in [0, 0.05) is 24.9 Å². The van der Waals surface area contributed by atoms with Gasteiger partial charge in [0.25, 0.3) is 0 Å². The fraction of sp³-hybridized carbons (Fsp3) is 0.300. The zero-order chi connectivity index (χ0) is 18.6. The van der Waals surface area contributed by atoms with Gasteiger partial charge in [0.15, 0.2) is 28.8 Å². The Morgan fingerprint density at radius 3 is 2.41 bits per heavy atom. The molecule has 1 amide bonds. The summed E-state index contributed by atoms with van der Waals surface area (Å²) in [5, 5.41) is 2.81. The van der Waals surface area contributed by atoms with E-state index in [1.54, 1.807) is 18.2 Å². The van der Waals surface area contributed by atoms with E-state index in [1.165, 1.54) is 0 Å². The minimum atomic E-state index is -0.182. The SMILES string of the molecule is O=C(CCC(=O)c1ccc2c(c1)OCCO2)NCc1ccc2c(c1)OCO2. The Bertz CT molecular complexity index is 879. The maximum Gasteiger partial charge on any atom is 0.231 e. The summed E-state index contributed by atoms with van der Waals surface area (Å²) in [5.41, 5.74) is 1.42. The van der Waals surface area contributed by atoms with Crippen LogP contribution in [0.25, 0.3) is 0 Å². The number of nitrogens with one attached hydrogen (secondary N) is 1. The lowest BCUT2D eigenvalue weighted by Gasteiger charge is -2.18. The van der Waals surface area contributed by atoms with Crippen LogP contribution in [-0.4, -0.2) is 31.7 Å². The Kier molecular flexibility index (Phi) is 4.82. The average molecular weight is 369 g/mol. The van der Waals surface area contributed by atoms with Crippen molar-refractivity contribution >= 4 is 11.7 Å². The van der Waals surface area contributed by atoms with Gasteiger partial charge in [0.2, 0.25) is 12.7 Å². The van der Waals surface area contributed by atoms with Crippen LogP contribution in [0.15, 0.2) is 36.4 Å². The predicted octanol–water partition coefficient (Wildman–Crippen LogP) is 2.47. The Balaban J connectivity index is 1.27. The van der Waals surface area contributed by atoms with Crippen molar-refractivity contribution in [2.24, 2.45) is 0 Å². The van der Waals surface area contributed by atoms with Crippen molar-refractivity contribution in [3.05, 3.63) is 47.5 Å². The van der Waals surface area contributed by atoms with Crippen molar-refractivity contribution in [2.75, 3.05) is 20.0 Å². The molecular formula is C20H19NO6. The summed E-state index contributed by atoms with van der Waals surface area (Å²) >= 11 is 0. The predicted molar refractivity (Wildman–Crippen MR) is 95.4 cm³/mol. The normalized spacial score (nSPS) is 13.9. The van der Waals surface area contributed by atoms with Crippen molar-refractivity contribution in [1.82, 2.24) is 5.32 Å². The maximum absolute atomic E-state index is 12.3. The van der Waals surface area contributed by atoms with E-state index in [0.717, 1.165) is 5.56 Å². The number of fused-ring (bicyclic) bond motifs is 2. The number of carbonyl (C=O) groups excluding carboxylic acids is 2. The van der Waals surface area contributed by atoms with E-state index in [-0.39, 0.29) is 31.3 Å². The summed E-state index contributed by atoms with van der Waals surface area (Å²) in [6.45, 7) is 1.55. The molecule has 0 bridgehead atoms. The van der Waals surface area contributed by atoms with E-state index >= 15 is 0 Å². The van der Waals surface area contributed by atoms with Crippen LogP contribution >= 0.6 is 0 Å². The topological polar surface area (TPSA) is 83.1 Å². The molecule has 7 heteroatoms. The third-order valence-electron chi connectivity index (χ3n) is 4.37. The van der Waals surface area contributed by atoms with E-state index in [0.29, 0.717) is 48.3 Å². The van der Waals surface area contributed by atoms with Crippen LogP contribution in [0, 0.1) is 0 Å².